The first-order valence-electron chi connectivity index (χ1n) is 11.1. The lowest BCUT2D eigenvalue weighted by Gasteiger charge is -2.63. The van der Waals surface area contributed by atoms with Gasteiger partial charge in [-0.05, 0) is 92.4 Å². The van der Waals surface area contributed by atoms with Crippen molar-refractivity contribution in [3.05, 3.63) is 11.6 Å². The summed E-state index contributed by atoms with van der Waals surface area (Å²) < 4.78 is 5.20. The lowest BCUT2D eigenvalue weighted by molar-refractivity contribution is -0.208. The third-order valence-corrected chi connectivity index (χ3v) is 9.96. The maximum absolute atomic E-state index is 12.1. The Morgan fingerprint density at radius 3 is 2.59 bits per heavy atom. The van der Waals surface area contributed by atoms with Crippen LogP contribution in [-0.4, -0.2) is 34.5 Å². The van der Waals surface area contributed by atoms with E-state index in [-0.39, 0.29) is 28.8 Å². The Morgan fingerprint density at radius 1 is 1.04 bits per heavy atom. The van der Waals surface area contributed by atoms with Crippen LogP contribution in [0.4, 0.5) is 0 Å². The maximum Gasteiger partial charge on any atom is 0.331 e. The van der Waals surface area contributed by atoms with Gasteiger partial charge in [0.2, 0.25) is 0 Å². The van der Waals surface area contributed by atoms with Gasteiger partial charge in [-0.25, -0.2) is 4.79 Å². The van der Waals surface area contributed by atoms with Gasteiger partial charge in [0.1, 0.15) is 6.61 Å². The number of esters is 1. The second-order valence-corrected chi connectivity index (χ2v) is 10.7. The Morgan fingerprint density at radius 2 is 1.85 bits per heavy atom. The van der Waals surface area contributed by atoms with Gasteiger partial charge >= 0.3 is 5.97 Å². The molecule has 4 aliphatic carbocycles. The zero-order valence-corrected chi connectivity index (χ0v) is 16.7. The average Bonchev–Trinajstić information content (AvgIpc) is 3.16. The highest BCUT2D eigenvalue weighted by Crippen LogP contribution is 2.69. The molecule has 0 amide bonds. The van der Waals surface area contributed by atoms with Crippen molar-refractivity contribution in [1.82, 2.24) is 0 Å². The zero-order valence-electron chi connectivity index (χ0n) is 16.7. The molecule has 0 saturated heterocycles. The number of cyclic esters (lactones) is 1. The van der Waals surface area contributed by atoms with Crippen LogP contribution >= 0.6 is 0 Å². The van der Waals surface area contributed by atoms with Crippen molar-refractivity contribution in [3.63, 3.8) is 0 Å². The third kappa shape index (κ3) is 2.32. The van der Waals surface area contributed by atoms with Crippen molar-refractivity contribution in [2.24, 2.45) is 34.5 Å². The maximum atomic E-state index is 12.1. The van der Waals surface area contributed by atoms with E-state index in [9.17, 15) is 15.0 Å². The molecule has 0 aromatic carbocycles. The number of rotatable bonds is 1. The van der Waals surface area contributed by atoms with Crippen LogP contribution in [0.15, 0.2) is 11.6 Å². The summed E-state index contributed by atoms with van der Waals surface area (Å²) in [5.74, 6) is 1.59. The molecule has 4 nitrogen and oxygen atoms in total. The van der Waals surface area contributed by atoms with E-state index in [4.69, 9.17) is 4.74 Å². The van der Waals surface area contributed by atoms with Gasteiger partial charge in [0, 0.05) is 11.5 Å². The molecule has 7 unspecified atom stereocenters. The van der Waals surface area contributed by atoms with E-state index in [0.717, 1.165) is 56.9 Å². The molecular formula is C23H34O4. The number of ether oxygens (including phenoxy) is 1. The Hall–Kier alpha value is -0.870. The molecule has 1 aliphatic heterocycles. The SMILES string of the molecule is CC12CCC(O)CC1CCC1[C@@H]2CCC2(C)C(C3=CC(=O)OC3)CCC12O. The van der Waals surface area contributed by atoms with Crippen LogP contribution in [-0.2, 0) is 9.53 Å². The lowest BCUT2D eigenvalue weighted by Crippen LogP contribution is -2.62. The summed E-state index contributed by atoms with van der Waals surface area (Å²) in [6.45, 7) is 5.15. The van der Waals surface area contributed by atoms with Gasteiger partial charge in [-0.15, -0.1) is 0 Å². The predicted octanol–water partition coefficient (Wildman–Crippen LogP) is 3.60. The fourth-order valence-corrected chi connectivity index (χ4v) is 8.39. The largest absolute Gasteiger partial charge is 0.458 e. The molecule has 0 aromatic rings. The van der Waals surface area contributed by atoms with Crippen molar-refractivity contribution in [1.29, 1.82) is 0 Å². The fraction of sp³-hybridized carbons (Fsp3) is 0.870. The summed E-state index contributed by atoms with van der Waals surface area (Å²) in [5.41, 5.74) is 0.600. The van der Waals surface area contributed by atoms with Gasteiger partial charge in [-0.2, -0.15) is 0 Å². The van der Waals surface area contributed by atoms with Crippen molar-refractivity contribution >= 4 is 5.97 Å². The third-order valence-electron chi connectivity index (χ3n) is 9.96. The van der Waals surface area contributed by atoms with E-state index < -0.39 is 5.60 Å². The summed E-state index contributed by atoms with van der Waals surface area (Å²) >= 11 is 0. The highest BCUT2D eigenvalue weighted by molar-refractivity contribution is 5.85. The van der Waals surface area contributed by atoms with Crippen LogP contribution in [0.25, 0.3) is 0 Å². The molecule has 0 bridgehead atoms. The summed E-state index contributed by atoms with van der Waals surface area (Å²) in [7, 11) is 0. The summed E-state index contributed by atoms with van der Waals surface area (Å²) in [6.07, 6.45) is 10.8. The fourth-order valence-electron chi connectivity index (χ4n) is 8.39. The molecule has 8 atom stereocenters. The minimum absolute atomic E-state index is 0.126. The van der Waals surface area contributed by atoms with Crippen molar-refractivity contribution in [2.45, 2.75) is 83.3 Å². The number of aliphatic hydroxyl groups is 2. The van der Waals surface area contributed by atoms with Crippen molar-refractivity contribution in [2.75, 3.05) is 6.61 Å². The first-order valence-corrected chi connectivity index (χ1v) is 11.1. The van der Waals surface area contributed by atoms with Gasteiger partial charge in [0.15, 0.2) is 0 Å². The quantitative estimate of drug-likeness (QED) is 0.688. The van der Waals surface area contributed by atoms with E-state index in [1.54, 1.807) is 6.08 Å². The van der Waals surface area contributed by atoms with Crippen LogP contribution in [0.5, 0.6) is 0 Å². The monoisotopic (exact) mass is 374 g/mol. The van der Waals surface area contributed by atoms with E-state index in [1.807, 2.05) is 0 Å². The van der Waals surface area contributed by atoms with Gasteiger partial charge < -0.3 is 14.9 Å². The van der Waals surface area contributed by atoms with Gasteiger partial charge in [0.05, 0.1) is 11.7 Å². The molecule has 4 heteroatoms. The van der Waals surface area contributed by atoms with Gasteiger partial charge in [-0.3, -0.25) is 0 Å². The second kappa shape index (κ2) is 5.82. The number of carbonyl (C=O) groups excluding carboxylic acids is 1. The second-order valence-electron chi connectivity index (χ2n) is 10.7. The molecule has 27 heavy (non-hydrogen) atoms. The molecule has 4 saturated carbocycles. The molecule has 5 aliphatic rings. The number of aliphatic hydroxyl groups excluding tert-OH is 1. The average molecular weight is 375 g/mol. The standard InChI is InChI=1S/C23H34O4/c1-21-8-5-16(24)12-15(21)3-4-19-18(21)6-9-22(2)17(7-10-23(19,22)26)14-11-20(25)27-13-14/h11,15-19,24,26H,3-10,12-13H2,1-2H3/t15?,16?,17?,18-,19?,21?,22?,23?/m0/s1. The molecule has 5 rings (SSSR count). The number of hydrogen-bond donors (Lipinski definition) is 2. The van der Waals surface area contributed by atoms with E-state index in [0.29, 0.717) is 24.4 Å². The highest BCUT2D eigenvalue weighted by atomic mass is 16.5. The molecule has 4 fully saturated rings. The Kier molecular flexibility index (Phi) is 3.92. The van der Waals surface area contributed by atoms with Crippen LogP contribution < -0.4 is 0 Å². The van der Waals surface area contributed by atoms with E-state index in [2.05, 4.69) is 13.8 Å². The van der Waals surface area contributed by atoms with E-state index >= 15 is 0 Å². The Labute approximate surface area is 162 Å². The van der Waals surface area contributed by atoms with Crippen LogP contribution in [0.3, 0.4) is 0 Å². The van der Waals surface area contributed by atoms with E-state index in [1.165, 1.54) is 6.42 Å². The first kappa shape index (κ1) is 18.2. The number of carbonyl (C=O) groups is 1. The molecule has 0 aromatic heterocycles. The first-order chi connectivity index (χ1) is 12.8. The predicted molar refractivity (Wildman–Crippen MR) is 102 cm³/mol. The van der Waals surface area contributed by atoms with Crippen LogP contribution in [0.2, 0.25) is 0 Å². The summed E-state index contributed by atoms with van der Waals surface area (Å²) in [6, 6.07) is 0. The summed E-state index contributed by atoms with van der Waals surface area (Å²) in [4.78, 5) is 11.6. The van der Waals surface area contributed by atoms with Crippen molar-refractivity contribution < 1.29 is 19.7 Å². The normalized spacial score (nSPS) is 54.6. The Bertz CT molecular complexity index is 686. The van der Waals surface area contributed by atoms with Crippen LogP contribution in [0, 0.1) is 34.5 Å². The molecule has 150 valence electrons. The minimum atomic E-state index is -0.628. The van der Waals surface area contributed by atoms with Crippen molar-refractivity contribution in [3.8, 4) is 0 Å². The summed E-state index contributed by atoms with van der Waals surface area (Å²) in [5, 5.41) is 22.3. The number of hydrogen-bond acceptors (Lipinski definition) is 4. The molecule has 2 N–H and O–H groups in total. The van der Waals surface area contributed by atoms with Gasteiger partial charge in [0.25, 0.3) is 0 Å². The van der Waals surface area contributed by atoms with Gasteiger partial charge in [-0.1, -0.05) is 13.8 Å². The molecular weight excluding hydrogens is 340 g/mol. The molecule has 1 heterocycles. The highest BCUT2D eigenvalue weighted by Gasteiger charge is 2.67. The molecule has 0 spiro atoms. The smallest absolute Gasteiger partial charge is 0.331 e. The minimum Gasteiger partial charge on any atom is -0.458 e. The molecule has 0 radical (unpaired) electrons. The lowest BCUT2D eigenvalue weighted by atomic mass is 9.43. The topological polar surface area (TPSA) is 66.8 Å². The zero-order chi connectivity index (χ0) is 19.0. The van der Waals surface area contributed by atoms with Crippen LogP contribution in [0.1, 0.15) is 71.6 Å². The Balaban J connectivity index is 1.47. The number of fused-ring (bicyclic) bond motifs is 5.